The molecule has 0 amide bonds. The Bertz CT molecular complexity index is 488. The van der Waals surface area contributed by atoms with Crippen LogP contribution in [0.4, 0.5) is 4.39 Å². The number of piperazine rings is 1. The molecule has 1 heterocycles. The molecule has 1 aromatic rings. The number of hydrogen-bond acceptors (Lipinski definition) is 5. The number of carbonyl (C=O) groups is 1. The molecule has 0 unspecified atom stereocenters. The summed E-state index contributed by atoms with van der Waals surface area (Å²) in [7, 11) is 1.43. The van der Waals surface area contributed by atoms with Gasteiger partial charge in [-0.2, -0.15) is 0 Å². The Balaban J connectivity index is 1.51. The summed E-state index contributed by atoms with van der Waals surface area (Å²) < 4.78 is 23.1. The van der Waals surface area contributed by atoms with E-state index in [-0.39, 0.29) is 11.8 Å². The van der Waals surface area contributed by atoms with Crippen molar-refractivity contribution >= 4 is 5.97 Å². The maximum absolute atomic E-state index is 12.8. The number of hydrogen-bond donors (Lipinski definition) is 0. The topological polar surface area (TPSA) is 42.0 Å². The Labute approximate surface area is 143 Å². The van der Waals surface area contributed by atoms with E-state index < -0.39 is 0 Å². The van der Waals surface area contributed by atoms with E-state index in [0.29, 0.717) is 18.8 Å². The summed E-state index contributed by atoms with van der Waals surface area (Å²) in [6.07, 6.45) is 2.31. The third-order valence-corrected chi connectivity index (χ3v) is 4.25. The number of ether oxygens (including phenoxy) is 2. The lowest BCUT2D eigenvalue weighted by Gasteiger charge is -2.34. The summed E-state index contributed by atoms with van der Waals surface area (Å²) in [5, 5.41) is 0. The average molecular weight is 338 g/mol. The van der Waals surface area contributed by atoms with Gasteiger partial charge in [-0.3, -0.25) is 4.79 Å². The Hall–Kier alpha value is -1.66. The van der Waals surface area contributed by atoms with E-state index in [1.807, 2.05) is 0 Å². The zero-order valence-corrected chi connectivity index (χ0v) is 14.4. The lowest BCUT2D eigenvalue weighted by atomic mass is 10.2. The van der Waals surface area contributed by atoms with Gasteiger partial charge in [-0.15, -0.1) is 0 Å². The minimum absolute atomic E-state index is 0.130. The van der Waals surface area contributed by atoms with Crippen LogP contribution in [0.2, 0.25) is 0 Å². The van der Waals surface area contributed by atoms with Gasteiger partial charge in [0.1, 0.15) is 11.6 Å². The second kappa shape index (κ2) is 10.3. The van der Waals surface area contributed by atoms with E-state index in [9.17, 15) is 9.18 Å². The molecule has 1 aliphatic rings. The first-order valence-corrected chi connectivity index (χ1v) is 8.57. The number of rotatable bonds is 9. The molecular formula is C18H27FN2O3. The molecule has 0 saturated carbocycles. The van der Waals surface area contributed by atoms with Crippen LogP contribution >= 0.6 is 0 Å². The largest absolute Gasteiger partial charge is 0.494 e. The van der Waals surface area contributed by atoms with Crippen LogP contribution in [0.25, 0.3) is 0 Å². The highest BCUT2D eigenvalue weighted by molar-refractivity contribution is 5.69. The Morgan fingerprint density at radius 2 is 1.62 bits per heavy atom. The molecule has 0 aliphatic carbocycles. The van der Waals surface area contributed by atoms with E-state index in [1.165, 1.54) is 19.2 Å². The van der Waals surface area contributed by atoms with Crippen LogP contribution in [0.5, 0.6) is 5.75 Å². The van der Waals surface area contributed by atoms with Crippen LogP contribution in [0, 0.1) is 5.82 Å². The van der Waals surface area contributed by atoms with Gasteiger partial charge >= 0.3 is 5.97 Å². The van der Waals surface area contributed by atoms with Crippen molar-refractivity contribution in [2.45, 2.75) is 19.3 Å². The van der Waals surface area contributed by atoms with Crippen molar-refractivity contribution in [3.63, 3.8) is 0 Å². The first-order valence-electron chi connectivity index (χ1n) is 8.57. The van der Waals surface area contributed by atoms with Crippen LogP contribution < -0.4 is 4.74 Å². The second-order valence-corrected chi connectivity index (χ2v) is 6.02. The lowest BCUT2D eigenvalue weighted by molar-refractivity contribution is -0.140. The van der Waals surface area contributed by atoms with E-state index >= 15 is 0 Å². The van der Waals surface area contributed by atoms with Gasteiger partial charge in [-0.25, -0.2) is 4.39 Å². The van der Waals surface area contributed by atoms with Crippen molar-refractivity contribution < 1.29 is 18.7 Å². The Kier molecular flexibility index (Phi) is 7.98. The molecule has 1 aromatic carbocycles. The fourth-order valence-electron chi connectivity index (χ4n) is 2.79. The van der Waals surface area contributed by atoms with Crippen molar-refractivity contribution in [1.29, 1.82) is 0 Å². The molecule has 0 radical (unpaired) electrons. The third kappa shape index (κ3) is 6.84. The van der Waals surface area contributed by atoms with Crippen LogP contribution in [-0.4, -0.2) is 68.8 Å². The lowest BCUT2D eigenvalue weighted by Crippen LogP contribution is -2.47. The summed E-state index contributed by atoms with van der Waals surface area (Å²) in [6, 6.07) is 6.13. The molecule has 0 N–H and O–H groups in total. The summed E-state index contributed by atoms with van der Waals surface area (Å²) in [5.41, 5.74) is 0. The minimum atomic E-state index is -0.244. The van der Waals surface area contributed by atoms with E-state index in [1.54, 1.807) is 12.1 Å². The van der Waals surface area contributed by atoms with Gasteiger partial charge in [0.2, 0.25) is 0 Å². The van der Waals surface area contributed by atoms with Crippen molar-refractivity contribution in [1.82, 2.24) is 9.80 Å². The Morgan fingerprint density at radius 3 is 2.21 bits per heavy atom. The van der Waals surface area contributed by atoms with Crippen molar-refractivity contribution in [2.75, 3.05) is 53.0 Å². The van der Waals surface area contributed by atoms with Crippen LogP contribution in [0.15, 0.2) is 24.3 Å². The van der Waals surface area contributed by atoms with Crippen molar-refractivity contribution in [2.24, 2.45) is 0 Å². The molecule has 0 aromatic heterocycles. The summed E-state index contributed by atoms with van der Waals surface area (Å²) in [6.45, 7) is 6.79. The molecule has 1 fully saturated rings. The fraction of sp³-hybridized carbons (Fsp3) is 0.611. The minimum Gasteiger partial charge on any atom is -0.494 e. The smallest absolute Gasteiger partial charge is 0.305 e. The van der Waals surface area contributed by atoms with Gasteiger partial charge < -0.3 is 19.3 Å². The molecule has 134 valence electrons. The van der Waals surface area contributed by atoms with Crippen LogP contribution in [0.3, 0.4) is 0 Å². The quantitative estimate of drug-likeness (QED) is 0.510. The predicted octanol–water partition coefficient (Wildman–Crippen LogP) is 2.17. The molecule has 0 bridgehead atoms. The summed E-state index contributed by atoms with van der Waals surface area (Å²) in [5.74, 6) is 0.341. The zero-order chi connectivity index (χ0) is 17.2. The SMILES string of the molecule is COC(=O)CCCN1CCN(CCCOc2ccc(F)cc2)CC1. The van der Waals surface area contributed by atoms with Crippen LogP contribution in [0.1, 0.15) is 19.3 Å². The number of carbonyl (C=O) groups excluding carboxylic acids is 1. The number of halogens is 1. The number of nitrogens with zero attached hydrogens (tertiary/aromatic N) is 2. The van der Waals surface area contributed by atoms with E-state index in [2.05, 4.69) is 14.5 Å². The first kappa shape index (κ1) is 18.7. The highest BCUT2D eigenvalue weighted by atomic mass is 19.1. The molecule has 0 atom stereocenters. The van der Waals surface area contributed by atoms with Gasteiger partial charge in [0, 0.05) is 39.1 Å². The van der Waals surface area contributed by atoms with Gasteiger partial charge in [-0.1, -0.05) is 0 Å². The van der Waals surface area contributed by atoms with Gasteiger partial charge in [0.15, 0.2) is 0 Å². The predicted molar refractivity (Wildman–Crippen MR) is 90.6 cm³/mol. The summed E-state index contributed by atoms with van der Waals surface area (Å²) in [4.78, 5) is 15.9. The molecule has 0 spiro atoms. The fourth-order valence-corrected chi connectivity index (χ4v) is 2.79. The molecule has 1 aliphatic heterocycles. The number of methoxy groups -OCH3 is 1. The van der Waals surface area contributed by atoms with Crippen molar-refractivity contribution in [3.05, 3.63) is 30.1 Å². The molecule has 5 nitrogen and oxygen atoms in total. The van der Waals surface area contributed by atoms with E-state index in [0.717, 1.165) is 52.1 Å². The first-order chi connectivity index (χ1) is 11.7. The van der Waals surface area contributed by atoms with Gasteiger partial charge in [0.05, 0.1) is 13.7 Å². The molecular weight excluding hydrogens is 311 g/mol. The Morgan fingerprint density at radius 1 is 1.04 bits per heavy atom. The van der Waals surface area contributed by atoms with E-state index in [4.69, 9.17) is 4.74 Å². The molecule has 24 heavy (non-hydrogen) atoms. The zero-order valence-electron chi connectivity index (χ0n) is 14.4. The highest BCUT2D eigenvalue weighted by Gasteiger charge is 2.16. The van der Waals surface area contributed by atoms with Crippen LogP contribution in [-0.2, 0) is 9.53 Å². The number of benzene rings is 1. The maximum Gasteiger partial charge on any atom is 0.305 e. The maximum atomic E-state index is 12.8. The van der Waals surface area contributed by atoms with Gasteiger partial charge in [-0.05, 0) is 43.7 Å². The number of esters is 1. The average Bonchev–Trinajstić information content (AvgIpc) is 2.61. The monoisotopic (exact) mass is 338 g/mol. The molecule has 1 saturated heterocycles. The second-order valence-electron chi connectivity index (χ2n) is 6.02. The standard InChI is InChI=1S/C18H27FN2O3/c1-23-18(22)4-2-9-20-11-13-21(14-12-20)10-3-15-24-17-7-5-16(19)6-8-17/h5-8H,2-4,9-15H2,1H3. The molecule has 2 rings (SSSR count). The summed E-state index contributed by atoms with van der Waals surface area (Å²) >= 11 is 0. The van der Waals surface area contributed by atoms with Crippen molar-refractivity contribution in [3.8, 4) is 5.75 Å². The third-order valence-electron chi connectivity index (χ3n) is 4.25. The molecule has 6 heteroatoms. The van der Waals surface area contributed by atoms with Gasteiger partial charge in [0.25, 0.3) is 0 Å². The normalized spacial score (nSPS) is 16.1. The highest BCUT2D eigenvalue weighted by Crippen LogP contribution is 2.11.